The molecule has 0 aliphatic rings. The predicted octanol–water partition coefficient (Wildman–Crippen LogP) is 7.68. The van der Waals surface area contributed by atoms with Gasteiger partial charge in [-0.2, -0.15) is 0 Å². The number of benzene rings is 2. The number of ether oxygens (including phenoxy) is 1. The SMILES string of the molecule is CCCCc1oc2ccccc2c1-c1c(C)cc(I)c(OCCN(CC)CC)c1I. The second-order valence-electron chi connectivity index (χ2n) is 7.57. The predicted molar refractivity (Wildman–Crippen MR) is 144 cm³/mol. The minimum absolute atomic E-state index is 0.699. The van der Waals surface area contributed by atoms with Crippen LogP contribution in [0.2, 0.25) is 0 Å². The fourth-order valence-corrected chi connectivity index (χ4v) is 6.41. The Bertz CT molecular complexity index is 992. The van der Waals surface area contributed by atoms with Crippen LogP contribution in [0.4, 0.5) is 0 Å². The van der Waals surface area contributed by atoms with Crippen molar-refractivity contribution in [1.29, 1.82) is 0 Å². The van der Waals surface area contributed by atoms with E-state index in [1.165, 1.54) is 29.2 Å². The van der Waals surface area contributed by atoms with E-state index in [0.717, 1.165) is 56.0 Å². The monoisotopic (exact) mass is 631 g/mol. The van der Waals surface area contributed by atoms with Crippen LogP contribution in [0.3, 0.4) is 0 Å². The van der Waals surface area contributed by atoms with Crippen LogP contribution in [-0.2, 0) is 6.42 Å². The first-order chi connectivity index (χ1) is 14.5. The smallest absolute Gasteiger partial charge is 0.146 e. The number of halogens is 2. The van der Waals surface area contributed by atoms with Crippen LogP contribution in [0.1, 0.15) is 44.9 Å². The fraction of sp³-hybridized carbons (Fsp3) is 0.440. The second-order valence-corrected chi connectivity index (χ2v) is 9.81. The Labute approximate surface area is 207 Å². The van der Waals surface area contributed by atoms with Crippen molar-refractivity contribution in [3.63, 3.8) is 0 Å². The minimum Gasteiger partial charge on any atom is -0.490 e. The topological polar surface area (TPSA) is 25.6 Å². The Hall–Kier alpha value is -0.800. The number of nitrogens with zero attached hydrogens (tertiary/aromatic N) is 1. The van der Waals surface area contributed by atoms with Gasteiger partial charge in [0.2, 0.25) is 0 Å². The minimum atomic E-state index is 0.699. The summed E-state index contributed by atoms with van der Waals surface area (Å²) in [6.45, 7) is 12.6. The third kappa shape index (κ3) is 5.15. The highest BCUT2D eigenvalue weighted by molar-refractivity contribution is 14.1. The lowest BCUT2D eigenvalue weighted by Gasteiger charge is -2.20. The van der Waals surface area contributed by atoms with Gasteiger partial charge in [-0.05, 0) is 89.3 Å². The third-order valence-corrected chi connectivity index (χ3v) is 7.43. The molecule has 1 heterocycles. The molecule has 3 aromatic rings. The van der Waals surface area contributed by atoms with Gasteiger partial charge in [0, 0.05) is 29.5 Å². The molecular weight excluding hydrogens is 600 g/mol. The summed E-state index contributed by atoms with van der Waals surface area (Å²) in [5.74, 6) is 2.09. The molecule has 5 heteroatoms. The van der Waals surface area contributed by atoms with Gasteiger partial charge in [-0.25, -0.2) is 0 Å². The van der Waals surface area contributed by atoms with Crippen LogP contribution in [-0.4, -0.2) is 31.1 Å². The highest BCUT2D eigenvalue weighted by Gasteiger charge is 2.23. The largest absolute Gasteiger partial charge is 0.490 e. The normalized spacial score (nSPS) is 11.6. The number of unbranched alkanes of at least 4 members (excludes halogenated alkanes) is 1. The van der Waals surface area contributed by atoms with E-state index in [1.54, 1.807) is 0 Å². The summed E-state index contributed by atoms with van der Waals surface area (Å²) in [4.78, 5) is 2.39. The lowest BCUT2D eigenvalue weighted by atomic mass is 9.96. The zero-order chi connectivity index (χ0) is 21.7. The summed E-state index contributed by atoms with van der Waals surface area (Å²) in [6, 6.07) is 10.6. The molecule has 0 saturated carbocycles. The van der Waals surface area contributed by atoms with Crippen LogP contribution in [0.15, 0.2) is 34.7 Å². The Balaban J connectivity index is 2.06. The van der Waals surface area contributed by atoms with Gasteiger partial charge in [-0.15, -0.1) is 0 Å². The van der Waals surface area contributed by atoms with Crippen molar-refractivity contribution in [2.45, 2.75) is 47.0 Å². The molecule has 0 amide bonds. The molecule has 0 bridgehead atoms. The van der Waals surface area contributed by atoms with E-state index in [-0.39, 0.29) is 0 Å². The van der Waals surface area contributed by atoms with E-state index in [1.807, 2.05) is 6.07 Å². The highest BCUT2D eigenvalue weighted by atomic mass is 127. The molecular formula is C25H31I2NO2. The number of furan rings is 1. The zero-order valence-corrected chi connectivity index (χ0v) is 22.7. The number of aryl methyl sites for hydroxylation is 2. The Morgan fingerprint density at radius 3 is 2.47 bits per heavy atom. The fourth-order valence-electron chi connectivity index (χ4n) is 3.86. The van der Waals surface area contributed by atoms with Gasteiger partial charge in [-0.1, -0.05) is 45.4 Å². The van der Waals surface area contributed by atoms with Crippen LogP contribution >= 0.6 is 45.2 Å². The molecule has 0 N–H and O–H groups in total. The summed E-state index contributed by atoms with van der Waals surface area (Å²) in [7, 11) is 0. The molecule has 162 valence electrons. The molecule has 30 heavy (non-hydrogen) atoms. The first-order valence-electron chi connectivity index (χ1n) is 10.9. The van der Waals surface area contributed by atoms with Gasteiger partial charge in [0.15, 0.2) is 0 Å². The lowest BCUT2D eigenvalue weighted by molar-refractivity contribution is 0.221. The van der Waals surface area contributed by atoms with Gasteiger partial charge in [0.1, 0.15) is 23.7 Å². The second kappa shape index (κ2) is 11.2. The average Bonchev–Trinajstić information content (AvgIpc) is 3.10. The summed E-state index contributed by atoms with van der Waals surface area (Å²) in [6.07, 6.45) is 3.24. The molecule has 0 aliphatic carbocycles. The third-order valence-electron chi connectivity index (χ3n) is 5.60. The summed E-state index contributed by atoms with van der Waals surface area (Å²) < 4.78 is 15.0. The van der Waals surface area contributed by atoms with Gasteiger partial charge < -0.3 is 14.1 Å². The molecule has 0 atom stereocenters. The van der Waals surface area contributed by atoms with Crippen LogP contribution < -0.4 is 4.74 Å². The number of likely N-dealkylation sites (N-methyl/N-ethyl adjacent to an activating group) is 1. The Morgan fingerprint density at radius 1 is 1.03 bits per heavy atom. The van der Waals surface area contributed by atoms with E-state index in [0.29, 0.717) is 6.61 Å². The standard InChI is InChI=1S/C25H31I2NO2/c1-5-8-12-21-23(18-11-9-10-13-20(18)30-21)22-17(4)16-19(26)25(24(22)27)29-15-14-28(6-2)7-3/h9-11,13,16H,5-8,12,14-15H2,1-4H3. The lowest BCUT2D eigenvalue weighted by Crippen LogP contribution is -2.28. The first-order valence-corrected chi connectivity index (χ1v) is 13.0. The van der Waals surface area contributed by atoms with E-state index in [9.17, 15) is 0 Å². The Morgan fingerprint density at radius 2 is 1.77 bits per heavy atom. The van der Waals surface area contributed by atoms with Gasteiger partial charge in [0.25, 0.3) is 0 Å². The molecule has 3 rings (SSSR count). The number of rotatable bonds is 10. The van der Waals surface area contributed by atoms with E-state index in [2.05, 4.69) is 102 Å². The zero-order valence-electron chi connectivity index (χ0n) is 18.4. The van der Waals surface area contributed by atoms with E-state index < -0.39 is 0 Å². The highest BCUT2D eigenvalue weighted by Crippen LogP contribution is 2.44. The molecule has 0 radical (unpaired) electrons. The van der Waals surface area contributed by atoms with Gasteiger partial charge in [0.05, 0.1) is 7.14 Å². The quantitative estimate of drug-likeness (QED) is 0.215. The maximum absolute atomic E-state index is 6.34. The van der Waals surface area contributed by atoms with E-state index >= 15 is 0 Å². The molecule has 3 nitrogen and oxygen atoms in total. The number of hydrogen-bond acceptors (Lipinski definition) is 3. The molecule has 0 saturated heterocycles. The van der Waals surface area contributed by atoms with E-state index in [4.69, 9.17) is 9.15 Å². The molecule has 0 spiro atoms. The van der Waals surface area contributed by atoms with Crippen molar-refractivity contribution in [2.75, 3.05) is 26.2 Å². The molecule has 0 aliphatic heterocycles. The van der Waals surface area contributed by atoms with Crippen LogP contribution in [0.5, 0.6) is 5.75 Å². The van der Waals surface area contributed by atoms with Crippen LogP contribution in [0.25, 0.3) is 22.1 Å². The van der Waals surface area contributed by atoms with Gasteiger partial charge in [-0.3, -0.25) is 0 Å². The Kier molecular flexibility index (Phi) is 8.89. The first kappa shape index (κ1) is 23.9. The van der Waals surface area contributed by atoms with Crippen molar-refractivity contribution in [3.05, 3.63) is 48.8 Å². The van der Waals surface area contributed by atoms with Crippen molar-refractivity contribution in [3.8, 4) is 16.9 Å². The average molecular weight is 631 g/mol. The summed E-state index contributed by atoms with van der Waals surface area (Å²) >= 11 is 4.88. The molecule has 0 fully saturated rings. The molecule has 2 aromatic carbocycles. The molecule has 1 aromatic heterocycles. The van der Waals surface area contributed by atoms with Crippen molar-refractivity contribution in [1.82, 2.24) is 4.90 Å². The number of fused-ring (bicyclic) bond motifs is 1. The maximum Gasteiger partial charge on any atom is 0.146 e. The molecule has 0 unspecified atom stereocenters. The maximum atomic E-state index is 6.34. The van der Waals surface area contributed by atoms with Gasteiger partial charge >= 0.3 is 0 Å². The van der Waals surface area contributed by atoms with Crippen molar-refractivity contribution >= 4 is 56.2 Å². The summed E-state index contributed by atoms with van der Waals surface area (Å²) in [5, 5.41) is 1.19. The van der Waals surface area contributed by atoms with Crippen molar-refractivity contribution in [2.24, 2.45) is 0 Å². The van der Waals surface area contributed by atoms with Crippen LogP contribution in [0, 0.1) is 14.1 Å². The van der Waals surface area contributed by atoms with Crippen molar-refractivity contribution < 1.29 is 9.15 Å². The number of para-hydroxylation sites is 1. The summed E-state index contributed by atoms with van der Waals surface area (Å²) in [5.41, 5.74) is 4.73. The number of hydrogen-bond donors (Lipinski definition) is 0.